The molecular weight excluding hydrogens is 419 g/mol. The maximum absolute atomic E-state index is 14.1. The first kappa shape index (κ1) is 20.0. The minimum absolute atomic E-state index is 0.0323. The Morgan fingerprint density at radius 3 is 2.81 bits per heavy atom. The van der Waals surface area contributed by atoms with E-state index in [1.165, 1.54) is 29.1 Å². The van der Waals surface area contributed by atoms with Crippen LogP contribution in [0.2, 0.25) is 0 Å². The number of aryl methyl sites for hydroxylation is 1. The van der Waals surface area contributed by atoms with Gasteiger partial charge in [0.2, 0.25) is 5.88 Å². The van der Waals surface area contributed by atoms with E-state index in [4.69, 9.17) is 24.7 Å². The molecule has 0 saturated carbocycles. The Hall–Kier alpha value is -3.91. The molecule has 1 atom stereocenters. The maximum Gasteiger partial charge on any atom is 0.258 e. The van der Waals surface area contributed by atoms with Crippen molar-refractivity contribution in [1.29, 1.82) is 5.26 Å². The van der Waals surface area contributed by atoms with Gasteiger partial charge in [-0.05, 0) is 25.1 Å². The minimum Gasteiger partial charge on any atom is -0.478 e. The third-order valence-electron chi connectivity index (χ3n) is 5.37. The summed E-state index contributed by atoms with van der Waals surface area (Å²) in [4.78, 5) is 8.63. The summed E-state index contributed by atoms with van der Waals surface area (Å²) in [5.41, 5.74) is 6.54. The van der Waals surface area contributed by atoms with Gasteiger partial charge in [-0.3, -0.25) is 4.68 Å². The van der Waals surface area contributed by atoms with Gasteiger partial charge in [0.1, 0.15) is 41.6 Å². The predicted octanol–water partition coefficient (Wildman–Crippen LogP) is 2.15. The zero-order valence-corrected chi connectivity index (χ0v) is 17.3. The summed E-state index contributed by atoms with van der Waals surface area (Å²) in [5.74, 6) is 0.251. The summed E-state index contributed by atoms with van der Waals surface area (Å²) >= 11 is 0. The van der Waals surface area contributed by atoms with Gasteiger partial charge in [0.25, 0.3) is 5.88 Å². The summed E-state index contributed by atoms with van der Waals surface area (Å²) in [5, 5.41) is 14.0. The van der Waals surface area contributed by atoms with E-state index in [2.05, 4.69) is 21.1 Å². The van der Waals surface area contributed by atoms with Crippen molar-refractivity contribution in [2.45, 2.75) is 18.6 Å². The van der Waals surface area contributed by atoms with Crippen LogP contribution in [0.25, 0.3) is 11.3 Å². The fraction of sp³-hybridized carbons (Fsp3) is 0.333. The lowest BCUT2D eigenvalue weighted by Gasteiger charge is -2.41. The van der Waals surface area contributed by atoms with E-state index in [9.17, 15) is 9.65 Å². The van der Waals surface area contributed by atoms with Crippen molar-refractivity contribution in [3.63, 3.8) is 0 Å². The van der Waals surface area contributed by atoms with Crippen LogP contribution in [0.4, 0.5) is 10.2 Å². The number of hydrogen-bond acceptors (Lipinski definition) is 9. The van der Waals surface area contributed by atoms with Crippen LogP contribution in [0.3, 0.4) is 0 Å². The monoisotopic (exact) mass is 438 g/mol. The second-order valence-corrected chi connectivity index (χ2v) is 7.72. The van der Waals surface area contributed by atoms with E-state index in [-0.39, 0.29) is 43.1 Å². The maximum atomic E-state index is 14.1. The normalized spacial score (nSPS) is 18.8. The van der Waals surface area contributed by atoms with Crippen LogP contribution in [0.5, 0.6) is 17.5 Å². The van der Waals surface area contributed by atoms with Gasteiger partial charge in [-0.25, -0.2) is 14.4 Å². The van der Waals surface area contributed by atoms with E-state index >= 15 is 0 Å². The summed E-state index contributed by atoms with van der Waals surface area (Å²) < 4.78 is 39.1. The smallest absolute Gasteiger partial charge is 0.258 e. The Morgan fingerprint density at radius 2 is 2.09 bits per heavy atom. The lowest BCUT2D eigenvalue weighted by atomic mass is 10.0. The van der Waals surface area contributed by atoms with Crippen LogP contribution in [0.15, 0.2) is 24.4 Å². The fourth-order valence-corrected chi connectivity index (χ4v) is 3.64. The number of aromatic nitrogens is 4. The molecule has 5 rings (SSSR count). The van der Waals surface area contributed by atoms with Crippen LogP contribution in [0.1, 0.15) is 24.3 Å². The number of anilines is 1. The van der Waals surface area contributed by atoms with E-state index in [0.29, 0.717) is 22.6 Å². The number of nitriles is 1. The third-order valence-corrected chi connectivity index (χ3v) is 5.37. The number of nitrogens with zero attached hydrogens (tertiary/aromatic N) is 5. The average molecular weight is 438 g/mol. The number of nitrogens with two attached hydrogens (primary N) is 1. The molecule has 0 unspecified atom stereocenters. The standard InChI is InChI=1S/C21H19FN6O4/c1-11-13-5-12(22)3-4-16(13)32-21(8-29-9-21)10-30-19-17(15(6-23)28(2)27-19)14-7-25-18(24)20(26-14)31-11/h3-5,7,11H,8-10H2,1-2H3,(H2,24,25)/t11-/m1/s1. The fourth-order valence-electron chi connectivity index (χ4n) is 3.64. The van der Waals surface area contributed by atoms with Crippen molar-refractivity contribution in [2.75, 3.05) is 25.6 Å². The van der Waals surface area contributed by atoms with Crippen LogP contribution < -0.4 is 19.9 Å². The largest absolute Gasteiger partial charge is 0.478 e. The van der Waals surface area contributed by atoms with E-state index in [0.717, 1.165) is 0 Å². The molecule has 2 aliphatic heterocycles. The molecule has 1 spiro atoms. The lowest BCUT2D eigenvalue weighted by Crippen LogP contribution is -2.58. The summed E-state index contributed by atoms with van der Waals surface area (Å²) in [6.07, 6.45) is 0.750. The molecule has 0 amide bonds. The van der Waals surface area contributed by atoms with Crippen molar-refractivity contribution in [3.05, 3.63) is 41.5 Å². The molecule has 164 valence electrons. The molecule has 0 radical (unpaired) electrons. The Kier molecular flexibility index (Phi) is 4.60. The van der Waals surface area contributed by atoms with Gasteiger partial charge in [0.15, 0.2) is 17.1 Å². The van der Waals surface area contributed by atoms with Gasteiger partial charge in [-0.2, -0.15) is 5.26 Å². The van der Waals surface area contributed by atoms with Crippen molar-refractivity contribution in [2.24, 2.45) is 7.05 Å². The highest BCUT2D eigenvalue weighted by Crippen LogP contribution is 2.38. The molecule has 11 heteroatoms. The second-order valence-electron chi connectivity index (χ2n) is 7.72. The van der Waals surface area contributed by atoms with Crippen LogP contribution >= 0.6 is 0 Å². The number of nitrogen functional groups attached to an aromatic ring is 1. The number of benzene rings is 1. The van der Waals surface area contributed by atoms with Crippen LogP contribution in [-0.2, 0) is 11.8 Å². The minimum atomic E-state index is -0.814. The van der Waals surface area contributed by atoms with Crippen molar-refractivity contribution in [1.82, 2.24) is 19.7 Å². The van der Waals surface area contributed by atoms with Gasteiger partial charge < -0.3 is 24.7 Å². The summed E-state index contributed by atoms with van der Waals surface area (Å²) in [6, 6.07) is 6.30. The number of halogens is 1. The van der Waals surface area contributed by atoms with Gasteiger partial charge in [-0.15, -0.1) is 5.10 Å². The Bertz CT molecular complexity index is 1250. The first-order chi connectivity index (χ1) is 15.4. The molecule has 1 aromatic carbocycles. The van der Waals surface area contributed by atoms with Gasteiger partial charge >= 0.3 is 0 Å². The SMILES string of the molecule is C[C@H]1Oc2nc(cnc2N)-c2c(nn(C)c2C#N)OCC2(COC2)Oc2ccc(F)cc21. The molecule has 3 aromatic rings. The molecular formula is C21H19FN6O4. The highest BCUT2D eigenvalue weighted by atomic mass is 19.1. The van der Waals surface area contributed by atoms with Crippen molar-refractivity contribution >= 4 is 5.82 Å². The molecule has 4 heterocycles. The third kappa shape index (κ3) is 3.25. The molecule has 0 aliphatic carbocycles. The van der Waals surface area contributed by atoms with Gasteiger partial charge in [0.05, 0.1) is 19.4 Å². The summed E-state index contributed by atoms with van der Waals surface area (Å²) in [6.45, 7) is 2.36. The van der Waals surface area contributed by atoms with E-state index in [1.54, 1.807) is 14.0 Å². The second kappa shape index (κ2) is 7.35. The van der Waals surface area contributed by atoms with Crippen molar-refractivity contribution < 1.29 is 23.3 Å². The first-order valence-corrected chi connectivity index (χ1v) is 9.85. The number of hydrogen-bond donors (Lipinski definition) is 1. The van der Waals surface area contributed by atoms with Gasteiger partial charge in [-0.1, -0.05) is 0 Å². The Labute approximate surface area is 182 Å². The molecule has 2 N–H and O–H groups in total. The Balaban J connectivity index is 1.69. The predicted molar refractivity (Wildman–Crippen MR) is 108 cm³/mol. The highest BCUT2D eigenvalue weighted by molar-refractivity contribution is 5.71. The molecule has 10 nitrogen and oxygen atoms in total. The highest BCUT2D eigenvalue weighted by Gasteiger charge is 2.44. The quantitative estimate of drug-likeness (QED) is 0.561. The number of fused-ring (bicyclic) bond motifs is 5. The molecule has 32 heavy (non-hydrogen) atoms. The molecule has 2 aliphatic rings. The zero-order valence-electron chi connectivity index (χ0n) is 17.3. The van der Waals surface area contributed by atoms with Crippen LogP contribution in [0, 0.1) is 17.1 Å². The van der Waals surface area contributed by atoms with Crippen LogP contribution in [-0.4, -0.2) is 45.2 Å². The van der Waals surface area contributed by atoms with Gasteiger partial charge in [0, 0.05) is 12.6 Å². The zero-order chi connectivity index (χ0) is 22.5. The van der Waals surface area contributed by atoms with Crippen molar-refractivity contribution in [3.8, 4) is 34.8 Å². The average Bonchev–Trinajstić information content (AvgIpc) is 3.07. The molecule has 2 bridgehead atoms. The molecule has 2 aromatic heterocycles. The lowest BCUT2D eigenvalue weighted by molar-refractivity contribution is -0.177. The Morgan fingerprint density at radius 1 is 1.28 bits per heavy atom. The summed E-state index contributed by atoms with van der Waals surface area (Å²) in [7, 11) is 1.63. The van der Waals surface area contributed by atoms with E-state index in [1.807, 2.05) is 0 Å². The molecule has 1 fully saturated rings. The topological polar surface area (TPSA) is 130 Å². The first-order valence-electron chi connectivity index (χ1n) is 9.85. The number of ether oxygens (including phenoxy) is 4. The number of rotatable bonds is 0. The molecule has 1 saturated heterocycles. The van der Waals surface area contributed by atoms with E-state index < -0.39 is 17.5 Å².